The molecule has 0 unspecified atom stereocenters. The minimum atomic E-state index is -0.383. The molecule has 0 aromatic heterocycles. The molecular weight excluding hydrogens is 254 g/mol. The summed E-state index contributed by atoms with van der Waals surface area (Å²) >= 11 is 0. The van der Waals surface area contributed by atoms with Crippen molar-refractivity contribution < 1.29 is 14.7 Å². The van der Waals surface area contributed by atoms with Gasteiger partial charge in [0.25, 0.3) is 0 Å². The van der Waals surface area contributed by atoms with Crippen LogP contribution in [0, 0.1) is 0 Å². The van der Waals surface area contributed by atoms with E-state index < -0.39 is 0 Å². The molecule has 1 aromatic rings. The first kappa shape index (κ1) is 13.3. The van der Waals surface area contributed by atoms with E-state index in [-0.39, 0.29) is 30.6 Å². The summed E-state index contributed by atoms with van der Waals surface area (Å²) in [4.78, 5) is 25.5. The van der Waals surface area contributed by atoms with E-state index >= 15 is 0 Å². The molecule has 4 heteroatoms. The number of aliphatic hydroxyl groups excluding tert-OH is 1. The Balaban J connectivity index is 1.55. The van der Waals surface area contributed by atoms with Crippen LogP contribution in [0.25, 0.3) is 0 Å². The van der Waals surface area contributed by atoms with Crippen LogP contribution in [0.15, 0.2) is 18.2 Å². The molecule has 1 heterocycles. The van der Waals surface area contributed by atoms with Crippen molar-refractivity contribution in [3.8, 4) is 0 Å². The van der Waals surface area contributed by atoms with E-state index in [0.717, 1.165) is 18.4 Å². The average Bonchev–Trinajstić information content (AvgIpc) is 2.88. The van der Waals surface area contributed by atoms with Crippen molar-refractivity contribution in [2.24, 2.45) is 0 Å². The number of amides is 1. The molecule has 106 valence electrons. The van der Waals surface area contributed by atoms with Crippen molar-refractivity contribution in [3.63, 3.8) is 0 Å². The number of likely N-dealkylation sites (tertiary alicyclic amines) is 1. The second-order valence-corrected chi connectivity index (χ2v) is 5.71. The summed E-state index contributed by atoms with van der Waals surface area (Å²) in [7, 11) is 0. The Labute approximate surface area is 118 Å². The summed E-state index contributed by atoms with van der Waals surface area (Å²) in [5.74, 6) is -0.000989. The number of rotatable bonds is 4. The van der Waals surface area contributed by atoms with Crippen LogP contribution in [0.4, 0.5) is 0 Å². The molecule has 1 aromatic carbocycles. The molecule has 20 heavy (non-hydrogen) atoms. The van der Waals surface area contributed by atoms with E-state index in [0.29, 0.717) is 13.1 Å². The molecule has 0 spiro atoms. The van der Waals surface area contributed by atoms with Crippen molar-refractivity contribution >= 4 is 11.7 Å². The Morgan fingerprint density at radius 1 is 1.15 bits per heavy atom. The van der Waals surface area contributed by atoms with Gasteiger partial charge in [0, 0.05) is 31.5 Å². The fourth-order valence-corrected chi connectivity index (χ4v) is 2.93. The number of carbonyl (C=O) groups excluding carboxylic acids is 2. The largest absolute Gasteiger partial charge is 0.389 e. The van der Waals surface area contributed by atoms with E-state index in [1.54, 1.807) is 4.90 Å². The lowest BCUT2D eigenvalue weighted by molar-refractivity contribution is -0.141. The number of Topliss-reactive ketones (excluding diaryl/α,β-unsaturated/α-hetero) is 1. The second kappa shape index (κ2) is 5.37. The third-order valence-corrected chi connectivity index (χ3v) is 4.20. The number of hydrogen-bond acceptors (Lipinski definition) is 3. The third kappa shape index (κ3) is 2.61. The number of fused-ring (bicyclic) bond motifs is 1. The predicted molar refractivity (Wildman–Crippen MR) is 74.6 cm³/mol. The summed E-state index contributed by atoms with van der Waals surface area (Å²) < 4.78 is 0. The van der Waals surface area contributed by atoms with Gasteiger partial charge in [0.1, 0.15) is 0 Å². The predicted octanol–water partition coefficient (Wildman–Crippen LogP) is 1.34. The molecule has 1 amide bonds. The second-order valence-electron chi connectivity index (χ2n) is 5.71. The number of β-amino-alcohol motifs (C(OH)–C–C–N with tert-alkyl or cyclic N) is 1. The highest BCUT2D eigenvalue weighted by Gasteiger charge is 2.28. The maximum Gasteiger partial charge on any atom is 0.223 e. The molecule has 1 N–H and O–H groups in total. The van der Waals surface area contributed by atoms with Gasteiger partial charge in [-0.1, -0.05) is 12.1 Å². The lowest BCUT2D eigenvalue weighted by atomic mass is 10.0. The van der Waals surface area contributed by atoms with Gasteiger partial charge in [0.15, 0.2) is 5.78 Å². The number of benzene rings is 1. The van der Waals surface area contributed by atoms with Gasteiger partial charge in [-0.15, -0.1) is 0 Å². The van der Waals surface area contributed by atoms with E-state index in [1.807, 2.05) is 18.2 Å². The lowest BCUT2D eigenvalue weighted by Crippen LogP contribution is -2.53. The standard InChI is InChI=1S/C16H19NO3/c18-14-9-17(10-14)16(20)7-6-15(19)13-5-4-11-2-1-3-12(11)8-13/h4-5,8,14,18H,1-3,6-7,9-10H2. The number of carbonyl (C=O) groups is 2. The molecule has 1 saturated heterocycles. The van der Waals surface area contributed by atoms with Crippen LogP contribution < -0.4 is 0 Å². The summed E-state index contributed by atoms with van der Waals surface area (Å²) in [5, 5.41) is 9.15. The number of aryl methyl sites for hydroxylation is 2. The van der Waals surface area contributed by atoms with Crippen molar-refractivity contribution in [3.05, 3.63) is 34.9 Å². The van der Waals surface area contributed by atoms with Crippen LogP contribution in [-0.2, 0) is 17.6 Å². The molecule has 0 radical (unpaired) electrons. The topological polar surface area (TPSA) is 57.6 Å². The van der Waals surface area contributed by atoms with Gasteiger partial charge in [0.05, 0.1) is 6.10 Å². The highest BCUT2D eigenvalue weighted by molar-refractivity contribution is 5.98. The van der Waals surface area contributed by atoms with Crippen LogP contribution >= 0.6 is 0 Å². The van der Waals surface area contributed by atoms with Crippen LogP contribution in [-0.4, -0.2) is 40.9 Å². The molecule has 0 saturated carbocycles. The minimum Gasteiger partial charge on any atom is -0.389 e. The SMILES string of the molecule is O=C(CCC(=O)N1CC(O)C1)c1ccc2c(c1)CCC2. The van der Waals surface area contributed by atoms with Gasteiger partial charge in [-0.3, -0.25) is 9.59 Å². The highest BCUT2D eigenvalue weighted by atomic mass is 16.3. The molecular formula is C16H19NO3. The van der Waals surface area contributed by atoms with E-state index in [9.17, 15) is 9.59 Å². The number of aliphatic hydroxyl groups is 1. The minimum absolute atomic E-state index is 0.0362. The fraction of sp³-hybridized carbons (Fsp3) is 0.500. The number of nitrogens with zero attached hydrogens (tertiary/aromatic N) is 1. The average molecular weight is 273 g/mol. The first-order chi connectivity index (χ1) is 9.63. The Bertz CT molecular complexity index is 547. The molecule has 1 aliphatic heterocycles. The summed E-state index contributed by atoms with van der Waals surface area (Å²) in [5.41, 5.74) is 3.36. The Kier molecular flexibility index (Phi) is 3.57. The van der Waals surface area contributed by atoms with Crippen LogP contribution in [0.5, 0.6) is 0 Å². The maximum absolute atomic E-state index is 12.1. The molecule has 3 rings (SSSR count). The van der Waals surface area contributed by atoms with Crippen molar-refractivity contribution in [1.29, 1.82) is 0 Å². The van der Waals surface area contributed by atoms with Gasteiger partial charge in [0.2, 0.25) is 5.91 Å². The first-order valence-corrected chi connectivity index (χ1v) is 7.24. The van der Waals surface area contributed by atoms with E-state index in [4.69, 9.17) is 5.11 Å². The first-order valence-electron chi connectivity index (χ1n) is 7.24. The zero-order chi connectivity index (χ0) is 14.1. The molecule has 1 fully saturated rings. The zero-order valence-corrected chi connectivity index (χ0v) is 11.5. The maximum atomic E-state index is 12.1. The number of ketones is 1. The monoisotopic (exact) mass is 273 g/mol. The van der Waals surface area contributed by atoms with E-state index in [2.05, 4.69) is 0 Å². The van der Waals surface area contributed by atoms with Crippen molar-refractivity contribution in [2.45, 2.75) is 38.2 Å². The summed E-state index contributed by atoms with van der Waals surface area (Å²) in [6, 6.07) is 5.91. The van der Waals surface area contributed by atoms with Gasteiger partial charge in [-0.05, 0) is 36.5 Å². The van der Waals surface area contributed by atoms with Crippen molar-refractivity contribution in [2.75, 3.05) is 13.1 Å². The molecule has 2 aliphatic rings. The third-order valence-electron chi connectivity index (χ3n) is 4.20. The smallest absolute Gasteiger partial charge is 0.223 e. The molecule has 0 bridgehead atoms. The summed E-state index contributed by atoms with van der Waals surface area (Å²) in [6.07, 6.45) is 3.45. The molecule has 0 atom stereocenters. The lowest BCUT2D eigenvalue weighted by Gasteiger charge is -2.35. The number of hydrogen-bond donors (Lipinski definition) is 1. The Morgan fingerprint density at radius 3 is 2.65 bits per heavy atom. The molecule has 4 nitrogen and oxygen atoms in total. The Hall–Kier alpha value is -1.68. The fourth-order valence-electron chi connectivity index (χ4n) is 2.93. The van der Waals surface area contributed by atoms with Gasteiger partial charge in [-0.25, -0.2) is 0 Å². The molecule has 1 aliphatic carbocycles. The zero-order valence-electron chi connectivity index (χ0n) is 11.5. The van der Waals surface area contributed by atoms with Gasteiger partial charge < -0.3 is 10.0 Å². The van der Waals surface area contributed by atoms with Gasteiger partial charge >= 0.3 is 0 Å². The normalized spacial score (nSPS) is 17.8. The summed E-state index contributed by atoms with van der Waals surface area (Å²) in [6.45, 7) is 0.817. The van der Waals surface area contributed by atoms with Crippen LogP contribution in [0.2, 0.25) is 0 Å². The van der Waals surface area contributed by atoms with Gasteiger partial charge in [-0.2, -0.15) is 0 Å². The highest BCUT2D eigenvalue weighted by Crippen LogP contribution is 2.23. The van der Waals surface area contributed by atoms with Crippen LogP contribution in [0.1, 0.15) is 40.7 Å². The van der Waals surface area contributed by atoms with Crippen molar-refractivity contribution in [1.82, 2.24) is 4.90 Å². The van der Waals surface area contributed by atoms with E-state index in [1.165, 1.54) is 17.5 Å². The van der Waals surface area contributed by atoms with Crippen LogP contribution in [0.3, 0.4) is 0 Å². The quantitative estimate of drug-likeness (QED) is 0.842. The Morgan fingerprint density at radius 2 is 1.90 bits per heavy atom.